The number of nitrogens with zero attached hydrogens (tertiary/aromatic N) is 2. The molecule has 3 heteroatoms. The van der Waals surface area contributed by atoms with Crippen molar-refractivity contribution in [2.45, 2.75) is 13.5 Å². The predicted octanol–water partition coefficient (Wildman–Crippen LogP) is 1.85. The molecule has 0 atom stereocenters. The Morgan fingerprint density at radius 2 is 1.93 bits per heavy atom. The van der Waals surface area contributed by atoms with Gasteiger partial charge in [-0.1, -0.05) is 30.3 Å². The normalized spacial score (nSPS) is 10.6. The van der Waals surface area contributed by atoms with Crippen molar-refractivity contribution in [3.63, 3.8) is 0 Å². The maximum Gasteiger partial charge on any atom is 0.106 e. The zero-order valence-electron chi connectivity index (χ0n) is 9.07. The van der Waals surface area contributed by atoms with Gasteiger partial charge in [-0.25, -0.2) is 4.98 Å². The number of nitrogens with two attached hydrogens (primary N) is 1. The number of hydrogen-bond donors (Lipinski definition) is 1. The molecule has 1 aromatic carbocycles. The third kappa shape index (κ3) is 1.66. The molecule has 0 aliphatic carbocycles. The monoisotopic (exact) mass is 201 g/mol. The summed E-state index contributed by atoms with van der Waals surface area (Å²) < 4.78 is 2.04. The van der Waals surface area contributed by atoms with E-state index in [4.69, 9.17) is 5.73 Å². The summed E-state index contributed by atoms with van der Waals surface area (Å²) in [5.41, 5.74) is 8.95. The largest absolute Gasteiger partial charge is 0.334 e. The lowest BCUT2D eigenvalue weighted by Gasteiger charge is -2.03. The topological polar surface area (TPSA) is 43.8 Å². The summed E-state index contributed by atoms with van der Waals surface area (Å²) in [5, 5.41) is 0. The maximum absolute atomic E-state index is 5.74. The minimum atomic E-state index is 0.515. The second-order valence-electron chi connectivity index (χ2n) is 3.58. The van der Waals surface area contributed by atoms with Gasteiger partial charge < -0.3 is 10.3 Å². The highest BCUT2D eigenvalue weighted by atomic mass is 15.1. The number of benzene rings is 1. The van der Waals surface area contributed by atoms with E-state index in [9.17, 15) is 0 Å². The number of aromatic nitrogens is 2. The Labute approximate surface area is 89.6 Å². The highest BCUT2D eigenvalue weighted by Gasteiger charge is 2.11. The van der Waals surface area contributed by atoms with Gasteiger partial charge in [0.25, 0.3) is 0 Å². The van der Waals surface area contributed by atoms with E-state index in [-0.39, 0.29) is 0 Å². The molecule has 2 rings (SSSR count). The van der Waals surface area contributed by atoms with E-state index in [1.807, 2.05) is 36.7 Å². The SMILES string of the molecule is Cc1nc(-c2ccccc2)c(CN)n1C. The summed E-state index contributed by atoms with van der Waals surface area (Å²) in [6, 6.07) is 10.1. The second-order valence-corrected chi connectivity index (χ2v) is 3.58. The van der Waals surface area contributed by atoms with Crippen LogP contribution in [0.5, 0.6) is 0 Å². The summed E-state index contributed by atoms with van der Waals surface area (Å²) in [6.07, 6.45) is 0. The van der Waals surface area contributed by atoms with E-state index in [1.54, 1.807) is 0 Å². The fourth-order valence-electron chi connectivity index (χ4n) is 1.72. The van der Waals surface area contributed by atoms with Crippen molar-refractivity contribution in [2.75, 3.05) is 0 Å². The molecule has 0 unspecified atom stereocenters. The van der Waals surface area contributed by atoms with Gasteiger partial charge in [-0.05, 0) is 6.92 Å². The van der Waals surface area contributed by atoms with Crippen LogP contribution >= 0.6 is 0 Å². The highest BCUT2D eigenvalue weighted by Crippen LogP contribution is 2.22. The first kappa shape index (κ1) is 9.93. The molecule has 0 fully saturated rings. The Balaban J connectivity index is 2.58. The standard InChI is InChI=1S/C12H15N3/c1-9-14-12(11(8-13)15(9)2)10-6-4-3-5-7-10/h3-7H,8,13H2,1-2H3. The Kier molecular flexibility index (Phi) is 2.56. The van der Waals surface area contributed by atoms with Crippen LogP contribution in [-0.2, 0) is 13.6 Å². The van der Waals surface area contributed by atoms with E-state index >= 15 is 0 Å². The molecule has 0 spiro atoms. The lowest BCUT2D eigenvalue weighted by molar-refractivity contribution is 0.789. The van der Waals surface area contributed by atoms with Gasteiger partial charge in [0.05, 0.1) is 11.4 Å². The fourth-order valence-corrected chi connectivity index (χ4v) is 1.72. The molecule has 0 amide bonds. The molecule has 0 bridgehead atoms. The van der Waals surface area contributed by atoms with E-state index in [0.717, 1.165) is 22.8 Å². The van der Waals surface area contributed by atoms with Gasteiger partial charge in [-0.3, -0.25) is 0 Å². The third-order valence-corrected chi connectivity index (χ3v) is 2.68. The van der Waals surface area contributed by atoms with Crippen molar-refractivity contribution >= 4 is 0 Å². The van der Waals surface area contributed by atoms with Crippen molar-refractivity contribution < 1.29 is 0 Å². The van der Waals surface area contributed by atoms with Crippen LogP contribution in [0.3, 0.4) is 0 Å². The van der Waals surface area contributed by atoms with Gasteiger partial charge in [0.1, 0.15) is 5.82 Å². The lowest BCUT2D eigenvalue weighted by Crippen LogP contribution is -2.05. The van der Waals surface area contributed by atoms with Crippen molar-refractivity contribution in [1.29, 1.82) is 0 Å². The van der Waals surface area contributed by atoms with Gasteiger partial charge in [-0.15, -0.1) is 0 Å². The second kappa shape index (κ2) is 3.87. The van der Waals surface area contributed by atoms with Crippen LogP contribution in [-0.4, -0.2) is 9.55 Å². The molecule has 0 aliphatic heterocycles. The average molecular weight is 201 g/mol. The molecule has 3 nitrogen and oxygen atoms in total. The lowest BCUT2D eigenvalue weighted by atomic mass is 10.1. The van der Waals surface area contributed by atoms with Crippen molar-refractivity contribution in [1.82, 2.24) is 9.55 Å². The smallest absolute Gasteiger partial charge is 0.106 e. The Bertz CT molecular complexity index is 457. The van der Waals surface area contributed by atoms with Crippen LogP contribution in [0, 0.1) is 6.92 Å². The number of rotatable bonds is 2. The molecule has 1 aromatic heterocycles. The van der Waals surface area contributed by atoms with E-state index in [2.05, 4.69) is 17.1 Å². The number of hydrogen-bond acceptors (Lipinski definition) is 2. The molecule has 1 heterocycles. The van der Waals surface area contributed by atoms with Crippen molar-refractivity contribution in [2.24, 2.45) is 12.8 Å². The van der Waals surface area contributed by atoms with Crippen molar-refractivity contribution in [3.8, 4) is 11.3 Å². The zero-order chi connectivity index (χ0) is 10.8. The molecular weight excluding hydrogens is 186 g/mol. The van der Waals surface area contributed by atoms with E-state index in [1.165, 1.54) is 0 Å². The van der Waals surface area contributed by atoms with E-state index in [0.29, 0.717) is 6.54 Å². The first-order chi connectivity index (χ1) is 7.24. The zero-order valence-corrected chi connectivity index (χ0v) is 9.07. The van der Waals surface area contributed by atoms with E-state index < -0.39 is 0 Å². The molecule has 0 radical (unpaired) electrons. The maximum atomic E-state index is 5.74. The van der Waals surface area contributed by atoms with Crippen LogP contribution in [0.2, 0.25) is 0 Å². The fraction of sp³-hybridized carbons (Fsp3) is 0.250. The molecule has 2 N–H and O–H groups in total. The summed E-state index contributed by atoms with van der Waals surface area (Å²) in [4.78, 5) is 4.53. The average Bonchev–Trinajstić information content (AvgIpc) is 2.56. The van der Waals surface area contributed by atoms with Gasteiger partial charge in [-0.2, -0.15) is 0 Å². The quantitative estimate of drug-likeness (QED) is 0.806. The van der Waals surface area contributed by atoms with Crippen LogP contribution < -0.4 is 5.73 Å². The molecule has 0 saturated carbocycles. The molecular formula is C12H15N3. The third-order valence-electron chi connectivity index (χ3n) is 2.68. The van der Waals surface area contributed by atoms with Crippen LogP contribution in [0.1, 0.15) is 11.5 Å². The summed E-state index contributed by atoms with van der Waals surface area (Å²) in [6.45, 7) is 2.51. The summed E-state index contributed by atoms with van der Waals surface area (Å²) in [7, 11) is 2.00. The Morgan fingerprint density at radius 1 is 1.27 bits per heavy atom. The highest BCUT2D eigenvalue weighted by molar-refractivity contribution is 5.62. The number of imidazole rings is 1. The summed E-state index contributed by atoms with van der Waals surface area (Å²) >= 11 is 0. The van der Waals surface area contributed by atoms with Gasteiger partial charge in [0.2, 0.25) is 0 Å². The molecule has 0 saturated heterocycles. The molecule has 15 heavy (non-hydrogen) atoms. The molecule has 2 aromatic rings. The van der Waals surface area contributed by atoms with Crippen LogP contribution in [0.4, 0.5) is 0 Å². The van der Waals surface area contributed by atoms with Crippen LogP contribution in [0.25, 0.3) is 11.3 Å². The van der Waals surface area contributed by atoms with Crippen LogP contribution in [0.15, 0.2) is 30.3 Å². The Morgan fingerprint density at radius 3 is 2.53 bits per heavy atom. The summed E-state index contributed by atoms with van der Waals surface area (Å²) in [5.74, 6) is 0.995. The Hall–Kier alpha value is -1.61. The number of aryl methyl sites for hydroxylation is 1. The van der Waals surface area contributed by atoms with Crippen molar-refractivity contribution in [3.05, 3.63) is 41.9 Å². The first-order valence-electron chi connectivity index (χ1n) is 5.01. The molecule has 78 valence electrons. The minimum Gasteiger partial charge on any atom is -0.334 e. The van der Waals surface area contributed by atoms with Gasteiger partial charge in [0, 0.05) is 19.2 Å². The van der Waals surface area contributed by atoms with Gasteiger partial charge >= 0.3 is 0 Å². The predicted molar refractivity (Wildman–Crippen MR) is 61.3 cm³/mol. The minimum absolute atomic E-state index is 0.515. The van der Waals surface area contributed by atoms with Gasteiger partial charge in [0.15, 0.2) is 0 Å². The first-order valence-corrected chi connectivity index (χ1v) is 5.01. The molecule has 0 aliphatic rings.